The van der Waals surface area contributed by atoms with Gasteiger partial charge in [0.1, 0.15) is 6.29 Å². The van der Waals surface area contributed by atoms with Gasteiger partial charge in [-0.2, -0.15) is 0 Å². The Bertz CT molecular complexity index is 548. The summed E-state index contributed by atoms with van der Waals surface area (Å²) in [5, 5.41) is 18.5. The molecule has 0 aliphatic carbocycles. The number of rotatable bonds is 6. The number of aldehydes is 1. The highest BCUT2D eigenvalue weighted by Gasteiger charge is 2.14. The van der Waals surface area contributed by atoms with E-state index in [2.05, 4.69) is 14.4 Å². The lowest BCUT2D eigenvalue weighted by molar-refractivity contribution is -0.120. The molecular formula is C19H31N3O4S. The number of methoxy groups -OCH3 is 1. The van der Waals surface area contributed by atoms with Crippen molar-refractivity contribution in [2.75, 3.05) is 40.0 Å². The highest BCUT2D eigenvalue weighted by atomic mass is 32.2. The van der Waals surface area contributed by atoms with Crippen molar-refractivity contribution in [3.63, 3.8) is 0 Å². The summed E-state index contributed by atoms with van der Waals surface area (Å²) in [5.74, 6) is 0.132. The second-order valence-electron chi connectivity index (χ2n) is 5.58. The van der Waals surface area contributed by atoms with Crippen LogP contribution >= 0.6 is 11.9 Å². The molecule has 27 heavy (non-hydrogen) atoms. The third-order valence-corrected chi connectivity index (χ3v) is 4.41. The molecule has 0 bridgehead atoms. The smallest absolute Gasteiger partial charge is 0.221 e. The van der Waals surface area contributed by atoms with E-state index in [4.69, 9.17) is 15.3 Å². The molecule has 1 fully saturated rings. The minimum absolute atomic E-state index is 0.132. The van der Waals surface area contributed by atoms with Crippen molar-refractivity contribution in [3.05, 3.63) is 29.8 Å². The van der Waals surface area contributed by atoms with E-state index in [0.29, 0.717) is 25.3 Å². The first kappa shape index (κ1) is 25.3. The van der Waals surface area contributed by atoms with Crippen LogP contribution in [-0.2, 0) is 14.3 Å². The van der Waals surface area contributed by atoms with Gasteiger partial charge >= 0.3 is 0 Å². The maximum Gasteiger partial charge on any atom is 0.221 e. The Kier molecular flexibility index (Phi) is 15.4. The monoisotopic (exact) mass is 397 g/mol. The van der Waals surface area contributed by atoms with Crippen LogP contribution in [0.5, 0.6) is 0 Å². The molecule has 0 radical (unpaired) electrons. The van der Waals surface area contributed by atoms with Crippen molar-refractivity contribution >= 4 is 29.9 Å². The molecule has 1 heterocycles. The molecule has 3 N–H and O–H groups in total. The molecule has 1 saturated heterocycles. The minimum atomic E-state index is 0.132. The third-order valence-electron chi connectivity index (χ3n) is 3.30. The van der Waals surface area contributed by atoms with Crippen LogP contribution < -0.4 is 5.32 Å². The number of benzene rings is 1. The molecule has 0 saturated carbocycles. The van der Waals surface area contributed by atoms with E-state index < -0.39 is 0 Å². The van der Waals surface area contributed by atoms with Crippen molar-refractivity contribution in [3.8, 4) is 0 Å². The molecule has 1 aromatic rings. The van der Waals surface area contributed by atoms with E-state index in [1.54, 1.807) is 26.0 Å². The van der Waals surface area contributed by atoms with Gasteiger partial charge in [-0.3, -0.25) is 4.79 Å². The van der Waals surface area contributed by atoms with E-state index in [-0.39, 0.29) is 12.5 Å². The molecule has 2 rings (SSSR count). The van der Waals surface area contributed by atoms with Crippen LogP contribution in [-0.4, -0.2) is 67.3 Å². The Labute approximate surface area is 166 Å². The summed E-state index contributed by atoms with van der Waals surface area (Å²) < 4.78 is 6.82. The van der Waals surface area contributed by atoms with Gasteiger partial charge in [0, 0.05) is 57.0 Å². The van der Waals surface area contributed by atoms with Gasteiger partial charge in [0.15, 0.2) is 0 Å². The van der Waals surface area contributed by atoms with E-state index in [1.165, 1.54) is 6.92 Å². The number of amides is 1. The topological polar surface area (TPSA) is 103 Å². The van der Waals surface area contributed by atoms with Crippen molar-refractivity contribution in [1.29, 1.82) is 5.41 Å². The van der Waals surface area contributed by atoms with Crippen molar-refractivity contribution < 1.29 is 19.4 Å². The Morgan fingerprint density at radius 2 is 2.00 bits per heavy atom. The second kappa shape index (κ2) is 16.4. The number of hydrogen-bond donors (Lipinski definition) is 3. The molecule has 0 aromatic heterocycles. The number of hydrogen-bond acceptors (Lipinski definition) is 7. The van der Waals surface area contributed by atoms with Crippen LogP contribution in [0.3, 0.4) is 0 Å². The van der Waals surface area contributed by atoms with Crippen LogP contribution in [0.4, 0.5) is 0 Å². The maximum absolute atomic E-state index is 11.2. The molecule has 0 unspecified atom stereocenters. The third kappa shape index (κ3) is 13.1. The van der Waals surface area contributed by atoms with E-state index >= 15 is 0 Å². The molecule has 1 aliphatic heterocycles. The lowest BCUT2D eigenvalue weighted by Gasteiger charge is -2.17. The molecule has 0 atom stereocenters. The number of ether oxygens (including phenoxy) is 1. The van der Waals surface area contributed by atoms with E-state index in [9.17, 15) is 4.79 Å². The van der Waals surface area contributed by atoms with Crippen LogP contribution in [0.2, 0.25) is 0 Å². The predicted molar refractivity (Wildman–Crippen MR) is 109 cm³/mol. The number of carbonyl (C=O) groups is 2. The number of aliphatic hydroxyl groups excluding tert-OH is 1. The first-order valence-corrected chi connectivity index (χ1v) is 9.60. The van der Waals surface area contributed by atoms with Gasteiger partial charge in [0.25, 0.3) is 0 Å². The van der Waals surface area contributed by atoms with Crippen LogP contribution in [0.1, 0.15) is 32.3 Å². The first-order chi connectivity index (χ1) is 13.0. The number of carbonyl (C=O) groups excluding carboxylic acids is 2. The molecule has 152 valence electrons. The van der Waals surface area contributed by atoms with E-state index in [0.717, 1.165) is 36.3 Å². The van der Waals surface area contributed by atoms with Gasteiger partial charge in [-0.1, -0.05) is 12.1 Å². The van der Waals surface area contributed by atoms with Gasteiger partial charge < -0.3 is 25.4 Å². The second-order valence-corrected chi connectivity index (χ2v) is 6.75. The highest BCUT2D eigenvalue weighted by molar-refractivity contribution is 7.97. The normalized spacial score (nSPS) is 13.9. The van der Waals surface area contributed by atoms with Gasteiger partial charge in [-0.05, 0) is 49.9 Å². The fourth-order valence-corrected chi connectivity index (χ4v) is 2.88. The van der Waals surface area contributed by atoms with Crippen LogP contribution in [0, 0.1) is 5.41 Å². The zero-order valence-electron chi connectivity index (χ0n) is 16.4. The van der Waals surface area contributed by atoms with Crippen molar-refractivity contribution in [2.24, 2.45) is 0 Å². The molecule has 1 aromatic carbocycles. The first-order valence-electron chi connectivity index (χ1n) is 8.83. The quantitative estimate of drug-likeness (QED) is 0.294. The van der Waals surface area contributed by atoms with Crippen molar-refractivity contribution in [1.82, 2.24) is 9.62 Å². The summed E-state index contributed by atoms with van der Waals surface area (Å²) in [6.07, 6.45) is 2.06. The Morgan fingerprint density at radius 3 is 2.48 bits per heavy atom. The maximum atomic E-state index is 11.2. The average Bonchev–Trinajstić information content (AvgIpc) is 2.86. The highest BCUT2D eigenvalue weighted by Crippen LogP contribution is 2.23. The van der Waals surface area contributed by atoms with Gasteiger partial charge in [-0.25, -0.2) is 4.31 Å². The largest absolute Gasteiger partial charge is 0.396 e. The molecule has 8 heteroatoms. The summed E-state index contributed by atoms with van der Waals surface area (Å²) in [6, 6.07) is 7.98. The Balaban J connectivity index is 0.000000632. The predicted octanol–water partition coefficient (Wildman–Crippen LogP) is 2.12. The van der Waals surface area contributed by atoms with Gasteiger partial charge in [0.05, 0.1) is 0 Å². The Hall–Kier alpha value is -1.74. The van der Waals surface area contributed by atoms with Crippen LogP contribution in [0.15, 0.2) is 29.2 Å². The standard InChI is InChI=1S/C13H17N3OS.C4H10O2.C2H4O/c1-10(14)11-2-4-12(5-3-11)18-16-8-6-13(17)15-7-9-16;1-6-4-2-3-5;1-2-3/h2-5,14H,6-9H2,1H3,(H,15,17);5H,2-4H2,1H3;2H,1H3. The van der Waals surface area contributed by atoms with E-state index in [1.807, 2.05) is 24.3 Å². The Morgan fingerprint density at radius 1 is 1.37 bits per heavy atom. The van der Waals surface area contributed by atoms with Gasteiger partial charge in [-0.15, -0.1) is 0 Å². The SMILES string of the molecule is CC(=N)c1ccc(SN2CCNC(=O)CC2)cc1.CC=O.COCCCO. The average molecular weight is 398 g/mol. The van der Waals surface area contributed by atoms with Crippen LogP contribution in [0.25, 0.3) is 0 Å². The number of nitrogens with one attached hydrogen (secondary N) is 2. The van der Waals surface area contributed by atoms with Crippen molar-refractivity contribution in [2.45, 2.75) is 31.6 Å². The summed E-state index contributed by atoms with van der Waals surface area (Å²) in [7, 11) is 1.62. The summed E-state index contributed by atoms with van der Waals surface area (Å²) in [4.78, 5) is 21.2. The fraction of sp³-hybridized carbons (Fsp3) is 0.526. The molecule has 1 aliphatic rings. The van der Waals surface area contributed by atoms with Gasteiger partial charge in [0.2, 0.25) is 5.91 Å². The minimum Gasteiger partial charge on any atom is -0.396 e. The molecule has 1 amide bonds. The number of nitrogens with zero attached hydrogens (tertiary/aromatic N) is 1. The fourth-order valence-electron chi connectivity index (χ4n) is 1.96. The lowest BCUT2D eigenvalue weighted by atomic mass is 10.1. The molecular weight excluding hydrogens is 366 g/mol. The summed E-state index contributed by atoms with van der Waals surface area (Å²) >= 11 is 1.67. The zero-order chi connectivity index (χ0) is 20.5. The lowest BCUT2D eigenvalue weighted by Crippen LogP contribution is -2.24. The number of aliphatic hydroxyl groups is 1. The zero-order valence-corrected chi connectivity index (χ0v) is 17.2. The summed E-state index contributed by atoms with van der Waals surface area (Å²) in [6.45, 7) is 6.48. The molecule has 7 nitrogen and oxygen atoms in total. The molecule has 0 spiro atoms. The summed E-state index contributed by atoms with van der Waals surface area (Å²) in [5.41, 5.74) is 1.53.